The van der Waals surface area contributed by atoms with E-state index in [9.17, 15) is 13.6 Å². The molecule has 1 heterocycles. The summed E-state index contributed by atoms with van der Waals surface area (Å²) >= 11 is 0. The number of tetrazole rings is 1. The Morgan fingerprint density at radius 2 is 2.20 bits per heavy atom. The summed E-state index contributed by atoms with van der Waals surface area (Å²) in [6.45, 7) is 1.91. The van der Waals surface area contributed by atoms with Crippen LogP contribution in [-0.4, -0.2) is 31.3 Å². The summed E-state index contributed by atoms with van der Waals surface area (Å²) in [6, 6.07) is 3.72. The first-order chi connectivity index (χ1) is 9.49. The number of benzene rings is 1. The minimum Gasteiger partial charge on any atom is -0.481 e. The Labute approximate surface area is 113 Å². The van der Waals surface area contributed by atoms with E-state index in [0.717, 1.165) is 6.07 Å². The monoisotopic (exact) mass is 282 g/mol. The maximum Gasteiger partial charge on any atom is 0.303 e. The van der Waals surface area contributed by atoms with Crippen molar-refractivity contribution in [2.75, 3.05) is 0 Å². The molecule has 1 unspecified atom stereocenters. The van der Waals surface area contributed by atoms with Gasteiger partial charge in [0.2, 0.25) is 0 Å². The van der Waals surface area contributed by atoms with Gasteiger partial charge in [0.05, 0.1) is 5.56 Å². The van der Waals surface area contributed by atoms with E-state index in [0.29, 0.717) is 0 Å². The molecule has 6 nitrogen and oxygen atoms in total. The first kappa shape index (κ1) is 14.0. The molecule has 1 N–H and O–H groups in total. The number of aromatic nitrogens is 4. The predicted molar refractivity (Wildman–Crippen MR) is 64.6 cm³/mol. The van der Waals surface area contributed by atoms with Gasteiger partial charge < -0.3 is 5.11 Å². The fraction of sp³-hybridized carbons (Fsp3) is 0.333. The van der Waals surface area contributed by atoms with E-state index in [-0.39, 0.29) is 30.3 Å². The molecule has 1 aromatic carbocycles. The largest absolute Gasteiger partial charge is 0.481 e. The number of carboxylic acids is 1. The van der Waals surface area contributed by atoms with Crippen molar-refractivity contribution in [1.82, 2.24) is 20.2 Å². The third-order valence-corrected chi connectivity index (χ3v) is 2.73. The van der Waals surface area contributed by atoms with Crippen LogP contribution in [0.4, 0.5) is 8.78 Å². The molecule has 0 aliphatic rings. The molecule has 8 heteroatoms. The Morgan fingerprint density at radius 1 is 1.45 bits per heavy atom. The molecule has 0 spiro atoms. The lowest BCUT2D eigenvalue weighted by Crippen LogP contribution is -2.14. The van der Waals surface area contributed by atoms with Crippen LogP contribution in [0.15, 0.2) is 18.2 Å². The summed E-state index contributed by atoms with van der Waals surface area (Å²) < 4.78 is 28.2. The highest BCUT2D eigenvalue weighted by Gasteiger charge is 2.18. The van der Waals surface area contributed by atoms with Crippen LogP contribution in [0.3, 0.4) is 0 Å². The normalized spacial score (nSPS) is 12.3. The quantitative estimate of drug-likeness (QED) is 0.903. The van der Waals surface area contributed by atoms with Gasteiger partial charge in [-0.1, -0.05) is 13.0 Å². The summed E-state index contributed by atoms with van der Waals surface area (Å²) in [5.41, 5.74) is -0.0578. The third kappa shape index (κ3) is 2.95. The molecule has 0 aliphatic heterocycles. The maximum absolute atomic E-state index is 13.7. The standard InChI is InChI=1S/C12H12F2N4O2/c1-7(5-10(19)20)6-18-12(15-16-17-18)8-3-2-4-9(13)11(8)14/h2-4,7H,5-6H2,1H3,(H,19,20). The van der Waals surface area contributed by atoms with Crippen molar-refractivity contribution in [3.63, 3.8) is 0 Å². The van der Waals surface area contributed by atoms with Crippen molar-refractivity contribution in [3.05, 3.63) is 29.8 Å². The van der Waals surface area contributed by atoms with Crippen LogP contribution in [0.1, 0.15) is 13.3 Å². The van der Waals surface area contributed by atoms with Crippen LogP contribution >= 0.6 is 0 Å². The van der Waals surface area contributed by atoms with E-state index in [4.69, 9.17) is 5.11 Å². The predicted octanol–water partition coefficient (Wildman–Crippen LogP) is 1.73. The van der Waals surface area contributed by atoms with E-state index in [2.05, 4.69) is 15.5 Å². The Morgan fingerprint density at radius 3 is 2.90 bits per heavy atom. The summed E-state index contributed by atoms with van der Waals surface area (Å²) in [5, 5.41) is 19.5. The Hall–Kier alpha value is -2.38. The molecule has 106 valence electrons. The van der Waals surface area contributed by atoms with Gasteiger partial charge in [0.1, 0.15) is 0 Å². The molecule has 0 fully saturated rings. The van der Waals surface area contributed by atoms with Gasteiger partial charge in [0.25, 0.3) is 0 Å². The summed E-state index contributed by atoms with van der Waals surface area (Å²) in [5.74, 6) is -3.14. The lowest BCUT2D eigenvalue weighted by molar-refractivity contribution is -0.138. The summed E-state index contributed by atoms with van der Waals surface area (Å²) in [7, 11) is 0. The van der Waals surface area contributed by atoms with E-state index < -0.39 is 17.6 Å². The number of aliphatic carboxylic acids is 1. The minimum atomic E-state index is -1.03. The number of rotatable bonds is 5. The summed E-state index contributed by atoms with van der Waals surface area (Å²) in [6.07, 6.45) is -0.0646. The second-order valence-electron chi connectivity index (χ2n) is 4.49. The first-order valence-corrected chi connectivity index (χ1v) is 5.91. The van der Waals surface area contributed by atoms with Crippen LogP contribution < -0.4 is 0 Å². The topological polar surface area (TPSA) is 80.9 Å². The first-order valence-electron chi connectivity index (χ1n) is 5.91. The fourth-order valence-corrected chi connectivity index (χ4v) is 1.85. The molecule has 1 aromatic heterocycles. The molecule has 2 aromatic rings. The van der Waals surface area contributed by atoms with E-state index >= 15 is 0 Å². The van der Waals surface area contributed by atoms with Gasteiger partial charge in [-0.25, -0.2) is 13.5 Å². The number of halogens is 2. The van der Waals surface area contributed by atoms with E-state index in [1.165, 1.54) is 16.8 Å². The fourth-order valence-electron chi connectivity index (χ4n) is 1.85. The average Bonchev–Trinajstić information content (AvgIpc) is 2.79. The van der Waals surface area contributed by atoms with Gasteiger partial charge in [-0.3, -0.25) is 4.79 Å². The van der Waals surface area contributed by atoms with Gasteiger partial charge >= 0.3 is 5.97 Å². The highest BCUT2D eigenvalue weighted by Crippen LogP contribution is 2.22. The van der Waals surface area contributed by atoms with Gasteiger partial charge in [-0.05, 0) is 28.5 Å². The van der Waals surface area contributed by atoms with Gasteiger partial charge in [0.15, 0.2) is 17.5 Å². The van der Waals surface area contributed by atoms with Crippen molar-refractivity contribution in [1.29, 1.82) is 0 Å². The molecule has 0 saturated carbocycles. The Bertz CT molecular complexity index is 630. The number of carbonyl (C=O) groups is 1. The lowest BCUT2D eigenvalue weighted by Gasteiger charge is -2.10. The second kappa shape index (κ2) is 5.72. The van der Waals surface area contributed by atoms with E-state index in [1.54, 1.807) is 6.92 Å². The van der Waals surface area contributed by atoms with Gasteiger partial charge in [-0.2, -0.15) is 0 Å². The zero-order chi connectivity index (χ0) is 14.7. The molecule has 0 bridgehead atoms. The van der Waals surface area contributed by atoms with Gasteiger partial charge in [-0.15, -0.1) is 5.10 Å². The van der Waals surface area contributed by atoms with Crippen LogP contribution in [0.25, 0.3) is 11.4 Å². The van der Waals surface area contributed by atoms with Crippen LogP contribution in [0, 0.1) is 17.6 Å². The lowest BCUT2D eigenvalue weighted by atomic mass is 10.1. The third-order valence-electron chi connectivity index (χ3n) is 2.73. The molecule has 1 atom stereocenters. The molecule has 0 radical (unpaired) electrons. The van der Waals surface area contributed by atoms with Gasteiger partial charge in [0, 0.05) is 13.0 Å². The smallest absolute Gasteiger partial charge is 0.303 e. The minimum absolute atomic E-state index is 0.0578. The molecule has 0 amide bonds. The highest BCUT2D eigenvalue weighted by molar-refractivity contribution is 5.66. The molecule has 2 rings (SSSR count). The Kier molecular flexibility index (Phi) is 4.02. The zero-order valence-corrected chi connectivity index (χ0v) is 10.6. The molecule has 0 aliphatic carbocycles. The van der Waals surface area contributed by atoms with Crippen molar-refractivity contribution in [2.45, 2.75) is 19.9 Å². The number of hydrogen-bond donors (Lipinski definition) is 1. The zero-order valence-electron chi connectivity index (χ0n) is 10.6. The van der Waals surface area contributed by atoms with Crippen molar-refractivity contribution in [3.8, 4) is 11.4 Å². The van der Waals surface area contributed by atoms with Crippen LogP contribution in [0.2, 0.25) is 0 Å². The van der Waals surface area contributed by atoms with E-state index in [1.807, 2.05) is 0 Å². The molecular weight excluding hydrogens is 270 g/mol. The SMILES string of the molecule is CC(CC(=O)O)Cn1nnnc1-c1cccc(F)c1F. The van der Waals surface area contributed by atoms with Crippen LogP contribution in [-0.2, 0) is 11.3 Å². The average molecular weight is 282 g/mol. The van der Waals surface area contributed by atoms with Crippen molar-refractivity contribution < 1.29 is 18.7 Å². The molecular formula is C12H12F2N4O2. The number of hydrogen-bond acceptors (Lipinski definition) is 4. The van der Waals surface area contributed by atoms with Crippen LogP contribution in [0.5, 0.6) is 0 Å². The molecule has 0 saturated heterocycles. The number of nitrogens with zero attached hydrogens (tertiary/aromatic N) is 4. The highest BCUT2D eigenvalue weighted by atomic mass is 19.2. The van der Waals surface area contributed by atoms with Crippen molar-refractivity contribution >= 4 is 5.97 Å². The Balaban J connectivity index is 2.29. The summed E-state index contributed by atoms with van der Waals surface area (Å²) in [4.78, 5) is 10.6. The van der Waals surface area contributed by atoms with Crippen molar-refractivity contribution in [2.24, 2.45) is 5.92 Å². The second-order valence-corrected chi connectivity index (χ2v) is 4.49. The number of carboxylic acid groups (broad SMARTS) is 1. The maximum atomic E-state index is 13.7. The molecule has 20 heavy (non-hydrogen) atoms.